The molecule has 1 aliphatic heterocycles. The molecule has 2 heterocycles. The molecule has 0 bridgehead atoms. The van der Waals surface area contributed by atoms with Crippen molar-refractivity contribution in [3.05, 3.63) is 41.7 Å². The molecule has 1 amide bonds. The van der Waals surface area contributed by atoms with Gasteiger partial charge in [-0.05, 0) is 24.0 Å². The third kappa shape index (κ3) is 4.00. The van der Waals surface area contributed by atoms with Crippen LogP contribution < -0.4 is 9.47 Å². The molecule has 2 aromatic rings. The fourth-order valence-corrected chi connectivity index (χ4v) is 3.42. The van der Waals surface area contributed by atoms with Crippen LogP contribution in [0.25, 0.3) is 0 Å². The van der Waals surface area contributed by atoms with Crippen LogP contribution in [-0.2, 0) is 24.8 Å². The van der Waals surface area contributed by atoms with Crippen LogP contribution in [-0.4, -0.2) is 40.8 Å². The summed E-state index contributed by atoms with van der Waals surface area (Å²) in [5, 5.41) is 4.21. The maximum Gasteiger partial charge on any atom is 0.229 e. The Balaban J connectivity index is 1.76. The van der Waals surface area contributed by atoms with E-state index in [1.54, 1.807) is 11.8 Å². The van der Waals surface area contributed by atoms with E-state index in [1.165, 1.54) is 0 Å². The SMILES string of the molecule is COc1cccc2c1OC[C@@H](C(=O)N(Cc1cnn(C)c1)CC(C)C)C2. The predicted octanol–water partition coefficient (Wildman–Crippen LogP) is 2.66. The highest BCUT2D eigenvalue weighted by atomic mass is 16.5. The standard InChI is InChI=1S/C20H27N3O3/c1-14(2)10-23(12-15-9-21-22(3)11-15)20(24)17-8-16-6-5-7-18(25-4)19(16)26-13-17/h5-7,9,11,14,17H,8,10,12-13H2,1-4H3/t17-/m0/s1. The van der Waals surface area contributed by atoms with E-state index in [1.807, 2.05) is 42.5 Å². The average molecular weight is 357 g/mol. The zero-order valence-corrected chi connectivity index (χ0v) is 15.9. The molecule has 0 fully saturated rings. The van der Waals surface area contributed by atoms with Crippen LogP contribution in [0.3, 0.4) is 0 Å². The number of amides is 1. The van der Waals surface area contributed by atoms with Crippen LogP contribution in [0.15, 0.2) is 30.6 Å². The molecule has 0 N–H and O–H groups in total. The number of fused-ring (bicyclic) bond motifs is 1. The average Bonchev–Trinajstić information content (AvgIpc) is 3.04. The van der Waals surface area contributed by atoms with Gasteiger partial charge in [0, 0.05) is 31.9 Å². The number of hydrogen-bond acceptors (Lipinski definition) is 4. The molecule has 0 unspecified atom stereocenters. The monoisotopic (exact) mass is 357 g/mol. The summed E-state index contributed by atoms with van der Waals surface area (Å²) in [6.45, 7) is 5.93. The lowest BCUT2D eigenvalue weighted by atomic mass is 9.94. The number of aryl methyl sites for hydroxylation is 1. The first-order valence-corrected chi connectivity index (χ1v) is 9.03. The molecule has 6 heteroatoms. The van der Waals surface area contributed by atoms with Gasteiger partial charge in [0.25, 0.3) is 0 Å². The molecule has 1 aromatic carbocycles. The second-order valence-electron chi connectivity index (χ2n) is 7.30. The molecule has 6 nitrogen and oxygen atoms in total. The van der Waals surface area contributed by atoms with E-state index in [-0.39, 0.29) is 11.8 Å². The Bertz CT molecular complexity index is 769. The summed E-state index contributed by atoms with van der Waals surface area (Å²) >= 11 is 0. The van der Waals surface area contributed by atoms with Gasteiger partial charge in [-0.15, -0.1) is 0 Å². The Morgan fingerprint density at radius 2 is 2.27 bits per heavy atom. The molecule has 0 radical (unpaired) electrons. The molecule has 0 aliphatic carbocycles. The molecular weight excluding hydrogens is 330 g/mol. The third-order valence-electron chi connectivity index (χ3n) is 4.55. The normalized spacial score (nSPS) is 16.1. The fourth-order valence-electron chi connectivity index (χ4n) is 3.42. The smallest absolute Gasteiger partial charge is 0.229 e. The van der Waals surface area contributed by atoms with Crippen molar-refractivity contribution in [2.75, 3.05) is 20.3 Å². The summed E-state index contributed by atoms with van der Waals surface area (Å²) < 4.78 is 13.0. The molecule has 140 valence electrons. The summed E-state index contributed by atoms with van der Waals surface area (Å²) in [6.07, 6.45) is 4.45. The first kappa shape index (κ1) is 18.3. The second-order valence-corrected chi connectivity index (χ2v) is 7.30. The summed E-state index contributed by atoms with van der Waals surface area (Å²) in [4.78, 5) is 15.1. The van der Waals surface area contributed by atoms with Gasteiger partial charge in [0.05, 0.1) is 19.2 Å². The summed E-state index contributed by atoms with van der Waals surface area (Å²) in [5.74, 6) is 1.85. The lowest BCUT2D eigenvalue weighted by Gasteiger charge is -2.31. The van der Waals surface area contributed by atoms with Crippen molar-refractivity contribution in [2.24, 2.45) is 18.9 Å². The number of rotatable bonds is 6. The highest BCUT2D eigenvalue weighted by Crippen LogP contribution is 2.36. The quantitative estimate of drug-likeness (QED) is 0.798. The van der Waals surface area contributed by atoms with E-state index in [0.29, 0.717) is 25.5 Å². The first-order chi connectivity index (χ1) is 12.5. The number of aromatic nitrogens is 2. The molecule has 1 aromatic heterocycles. The third-order valence-corrected chi connectivity index (χ3v) is 4.55. The number of nitrogens with zero attached hydrogens (tertiary/aromatic N) is 3. The van der Waals surface area contributed by atoms with E-state index in [0.717, 1.165) is 29.2 Å². The molecule has 1 atom stereocenters. The minimum atomic E-state index is -0.176. The highest BCUT2D eigenvalue weighted by Gasteiger charge is 2.31. The number of carbonyl (C=O) groups is 1. The van der Waals surface area contributed by atoms with Crippen molar-refractivity contribution in [1.82, 2.24) is 14.7 Å². The summed E-state index contributed by atoms with van der Waals surface area (Å²) in [7, 11) is 3.52. The minimum absolute atomic E-state index is 0.135. The Kier molecular flexibility index (Phi) is 5.49. The topological polar surface area (TPSA) is 56.6 Å². The Morgan fingerprint density at radius 1 is 1.46 bits per heavy atom. The van der Waals surface area contributed by atoms with Gasteiger partial charge in [0.2, 0.25) is 5.91 Å². The van der Waals surface area contributed by atoms with Crippen LogP contribution in [0.1, 0.15) is 25.0 Å². The Hall–Kier alpha value is -2.50. The van der Waals surface area contributed by atoms with Crippen molar-refractivity contribution in [3.8, 4) is 11.5 Å². The minimum Gasteiger partial charge on any atom is -0.493 e. The Morgan fingerprint density at radius 3 is 2.92 bits per heavy atom. The highest BCUT2D eigenvalue weighted by molar-refractivity contribution is 5.80. The predicted molar refractivity (Wildman–Crippen MR) is 99.1 cm³/mol. The zero-order valence-electron chi connectivity index (χ0n) is 15.9. The summed E-state index contributed by atoms with van der Waals surface area (Å²) in [6, 6.07) is 5.83. The van der Waals surface area contributed by atoms with E-state index in [4.69, 9.17) is 9.47 Å². The largest absolute Gasteiger partial charge is 0.493 e. The van der Waals surface area contributed by atoms with Gasteiger partial charge >= 0.3 is 0 Å². The van der Waals surface area contributed by atoms with Crippen LogP contribution in [0, 0.1) is 11.8 Å². The maximum atomic E-state index is 13.2. The van der Waals surface area contributed by atoms with Crippen molar-refractivity contribution in [2.45, 2.75) is 26.8 Å². The van der Waals surface area contributed by atoms with Crippen LogP contribution in [0.5, 0.6) is 11.5 Å². The van der Waals surface area contributed by atoms with Gasteiger partial charge in [-0.25, -0.2) is 0 Å². The van der Waals surface area contributed by atoms with Gasteiger partial charge in [0.1, 0.15) is 6.61 Å². The van der Waals surface area contributed by atoms with Crippen molar-refractivity contribution in [3.63, 3.8) is 0 Å². The van der Waals surface area contributed by atoms with Crippen molar-refractivity contribution >= 4 is 5.91 Å². The summed E-state index contributed by atoms with van der Waals surface area (Å²) in [5.41, 5.74) is 2.07. The van der Waals surface area contributed by atoms with Crippen LogP contribution in [0.4, 0.5) is 0 Å². The number of ether oxygens (including phenoxy) is 2. The fraction of sp³-hybridized carbons (Fsp3) is 0.500. The van der Waals surface area contributed by atoms with Crippen molar-refractivity contribution in [1.29, 1.82) is 0 Å². The number of methoxy groups -OCH3 is 1. The van der Waals surface area contributed by atoms with Gasteiger partial charge in [-0.3, -0.25) is 9.48 Å². The van der Waals surface area contributed by atoms with E-state index < -0.39 is 0 Å². The second kappa shape index (κ2) is 7.81. The number of hydrogen-bond donors (Lipinski definition) is 0. The number of benzene rings is 1. The lowest BCUT2D eigenvalue weighted by Crippen LogP contribution is -2.42. The van der Waals surface area contributed by atoms with E-state index in [9.17, 15) is 4.79 Å². The van der Waals surface area contributed by atoms with Gasteiger partial charge in [-0.1, -0.05) is 26.0 Å². The number of para-hydroxylation sites is 1. The maximum absolute atomic E-state index is 13.2. The van der Waals surface area contributed by atoms with Crippen LogP contribution in [0.2, 0.25) is 0 Å². The number of carbonyl (C=O) groups excluding carboxylic acids is 1. The molecular formula is C20H27N3O3. The molecule has 0 saturated carbocycles. The van der Waals surface area contributed by atoms with Crippen molar-refractivity contribution < 1.29 is 14.3 Å². The first-order valence-electron chi connectivity index (χ1n) is 9.03. The van der Waals surface area contributed by atoms with Gasteiger partial charge in [-0.2, -0.15) is 5.10 Å². The molecule has 3 rings (SSSR count). The zero-order chi connectivity index (χ0) is 18.7. The molecule has 0 saturated heterocycles. The van der Waals surface area contributed by atoms with Gasteiger partial charge < -0.3 is 14.4 Å². The van der Waals surface area contributed by atoms with Crippen LogP contribution >= 0.6 is 0 Å². The lowest BCUT2D eigenvalue weighted by molar-refractivity contribution is -0.138. The van der Waals surface area contributed by atoms with E-state index in [2.05, 4.69) is 18.9 Å². The van der Waals surface area contributed by atoms with Gasteiger partial charge in [0.15, 0.2) is 11.5 Å². The van der Waals surface area contributed by atoms with E-state index >= 15 is 0 Å². The molecule has 26 heavy (non-hydrogen) atoms. The molecule has 1 aliphatic rings. The molecule has 0 spiro atoms. The Labute approximate surface area is 154 Å².